The molecule has 5 aromatic carbocycles. The summed E-state index contributed by atoms with van der Waals surface area (Å²) in [5.41, 5.74) is 7.46. The van der Waals surface area contributed by atoms with Crippen molar-refractivity contribution in [1.29, 1.82) is 0 Å². The van der Waals surface area contributed by atoms with Gasteiger partial charge in [-0.25, -0.2) is 0 Å². The molecular weight excluding hydrogens is 455 g/mol. The molecule has 0 saturated heterocycles. The molecule has 36 heavy (non-hydrogen) atoms. The molecule has 0 saturated carbocycles. The molecular formula is C34H29OP. The van der Waals surface area contributed by atoms with Crippen molar-refractivity contribution in [3.63, 3.8) is 0 Å². The van der Waals surface area contributed by atoms with Crippen LogP contribution >= 0.6 is 7.14 Å². The van der Waals surface area contributed by atoms with E-state index in [2.05, 4.69) is 103 Å². The smallest absolute Gasteiger partial charge is 0.109 e. The van der Waals surface area contributed by atoms with Gasteiger partial charge in [-0.05, 0) is 81.1 Å². The van der Waals surface area contributed by atoms with Gasteiger partial charge in [0.25, 0.3) is 0 Å². The van der Waals surface area contributed by atoms with E-state index in [1.165, 1.54) is 49.4 Å². The molecule has 5 aromatic rings. The molecule has 0 radical (unpaired) electrons. The number of benzene rings is 5. The lowest BCUT2D eigenvalue weighted by atomic mass is 9.85. The maximum Gasteiger partial charge on any atom is 0.109 e. The van der Waals surface area contributed by atoms with E-state index >= 15 is 0 Å². The molecule has 0 heterocycles. The summed E-state index contributed by atoms with van der Waals surface area (Å²) < 4.78 is 12.6. The zero-order chi connectivity index (χ0) is 24.7. The van der Waals surface area contributed by atoms with Gasteiger partial charge in [0.05, 0.1) is 0 Å². The largest absolute Gasteiger partial charge is 0.319 e. The molecule has 2 heteroatoms. The minimum absolute atomic E-state index is 0.916. The number of fused-ring (bicyclic) bond motifs is 2. The number of rotatable bonds is 4. The Morgan fingerprint density at radius 1 is 0.556 bits per heavy atom. The van der Waals surface area contributed by atoms with E-state index in [-0.39, 0.29) is 0 Å². The van der Waals surface area contributed by atoms with Gasteiger partial charge in [0.2, 0.25) is 0 Å². The fourth-order valence-electron chi connectivity index (χ4n) is 5.39. The summed E-state index contributed by atoms with van der Waals surface area (Å²) in [5, 5.41) is 5.88. The van der Waals surface area contributed by atoms with Crippen LogP contribution in [0.5, 0.6) is 0 Å². The van der Waals surface area contributed by atoms with Gasteiger partial charge in [0.15, 0.2) is 0 Å². The number of allylic oxidation sites excluding steroid dienone is 4. The maximum absolute atomic E-state index is 12.6. The van der Waals surface area contributed by atoms with Crippen LogP contribution in [-0.2, 0) is 4.57 Å². The molecule has 1 aliphatic carbocycles. The second-order valence-corrected chi connectivity index (χ2v) is 13.2. The molecule has 0 aliphatic heterocycles. The minimum atomic E-state index is -2.30. The van der Waals surface area contributed by atoms with Crippen molar-refractivity contribution in [3.8, 4) is 22.3 Å². The van der Waals surface area contributed by atoms with E-state index in [9.17, 15) is 4.57 Å². The third-order valence-electron chi connectivity index (χ3n) is 7.21. The summed E-state index contributed by atoms with van der Waals surface area (Å²) in [5.74, 6) is 0. The molecule has 0 aromatic heterocycles. The first kappa shape index (κ1) is 22.8. The average Bonchev–Trinajstić information content (AvgIpc) is 2.92. The maximum atomic E-state index is 12.6. The standard InChI is InChI=1S/C34H29OP/c1-36(2,35)28-22-20-27(21-23-28)34-31-14-8-6-12-29(31)33(30-13-7-9-15-32(30)34)26-18-16-25(17-19-26)24-10-4-3-5-11-24/h4,6-23H,3,5H2,1-2H3. The predicted molar refractivity (Wildman–Crippen MR) is 158 cm³/mol. The van der Waals surface area contributed by atoms with Crippen LogP contribution in [0.4, 0.5) is 0 Å². The zero-order valence-corrected chi connectivity index (χ0v) is 21.6. The molecule has 0 unspecified atom stereocenters. The van der Waals surface area contributed by atoms with Crippen LogP contribution in [-0.4, -0.2) is 13.3 Å². The normalized spacial score (nSPS) is 13.8. The van der Waals surface area contributed by atoms with Crippen LogP contribution in [0, 0.1) is 0 Å². The fourth-order valence-corrected chi connectivity index (χ4v) is 6.26. The van der Waals surface area contributed by atoms with Crippen molar-refractivity contribution < 1.29 is 4.57 Å². The monoisotopic (exact) mass is 484 g/mol. The van der Waals surface area contributed by atoms with E-state index in [0.29, 0.717) is 0 Å². The molecule has 0 fully saturated rings. The Bertz CT molecular complexity index is 1640. The second-order valence-electron chi connectivity index (χ2n) is 9.96. The van der Waals surface area contributed by atoms with Crippen molar-refractivity contribution >= 4 is 39.6 Å². The highest BCUT2D eigenvalue weighted by Crippen LogP contribution is 2.44. The molecule has 1 nitrogen and oxygen atoms in total. The molecule has 1 aliphatic rings. The van der Waals surface area contributed by atoms with Crippen molar-refractivity contribution in [3.05, 3.63) is 121 Å². The van der Waals surface area contributed by atoms with Gasteiger partial charge < -0.3 is 4.57 Å². The molecule has 0 spiro atoms. The number of hydrogen-bond acceptors (Lipinski definition) is 1. The SMILES string of the molecule is CP(C)(=O)c1ccc(-c2c3ccccc3c(-c3ccc(C4=CCCC=C4)cc3)c3ccccc23)cc1. The molecule has 0 atom stereocenters. The summed E-state index contributed by atoms with van der Waals surface area (Å²) in [7, 11) is -2.30. The second kappa shape index (κ2) is 9.08. The summed E-state index contributed by atoms with van der Waals surface area (Å²) in [4.78, 5) is 0. The van der Waals surface area contributed by atoms with Gasteiger partial charge >= 0.3 is 0 Å². The highest BCUT2D eigenvalue weighted by Gasteiger charge is 2.17. The van der Waals surface area contributed by atoms with Crippen molar-refractivity contribution in [2.24, 2.45) is 0 Å². The topological polar surface area (TPSA) is 17.1 Å². The Morgan fingerprint density at radius 3 is 1.42 bits per heavy atom. The third kappa shape index (κ3) is 4.04. The van der Waals surface area contributed by atoms with Crippen LogP contribution in [0.15, 0.2) is 115 Å². The summed E-state index contributed by atoms with van der Waals surface area (Å²) in [6, 6.07) is 34.8. The van der Waals surface area contributed by atoms with Gasteiger partial charge in [0, 0.05) is 5.30 Å². The Kier molecular flexibility index (Phi) is 5.75. The lowest BCUT2D eigenvalue weighted by molar-refractivity contribution is 0.588. The van der Waals surface area contributed by atoms with E-state index < -0.39 is 7.14 Å². The molecule has 0 N–H and O–H groups in total. The van der Waals surface area contributed by atoms with E-state index in [4.69, 9.17) is 0 Å². The summed E-state index contributed by atoms with van der Waals surface area (Å²) in [6.07, 6.45) is 9.06. The Morgan fingerprint density at radius 2 is 1.00 bits per heavy atom. The first-order valence-electron chi connectivity index (χ1n) is 12.6. The van der Waals surface area contributed by atoms with Crippen molar-refractivity contribution in [2.45, 2.75) is 12.8 Å². The first-order chi connectivity index (χ1) is 17.5. The van der Waals surface area contributed by atoms with Gasteiger partial charge in [-0.3, -0.25) is 0 Å². The Balaban J connectivity index is 1.58. The molecule has 0 bridgehead atoms. The predicted octanol–water partition coefficient (Wildman–Crippen LogP) is 9.31. The average molecular weight is 485 g/mol. The van der Waals surface area contributed by atoms with Gasteiger partial charge in [-0.15, -0.1) is 0 Å². The van der Waals surface area contributed by atoms with Crippen molar-refractivity contribution in [1.82, 2.24) is 0 Å². The lowest BCUT2D eigenvalue weighted by Crippen LogP contribution is -2.01. The molecule has 0 amide bonds. The van der Waals surface area contributed by atoms with Crippen LogP contribution in [0.1, 0.15) is 18.4 Å². The quantitative estimate of drug-likeness (QED) is 0.183. The third-order valence-corrected chi connectivity index (χ3v) is 8.75. The highest BCUT2D eigenvalue weighted by molar-refractivity contribution is 7.70. The van der Waals surface area contributed by atoms with E-state index in [1.54, 1.807) is 0 Å². The number of hydrogen-bond donors (Lipinski definition) is 0. The van der Waals surface area contributed by atoms with Gasteiger partial charge in [-0.2, -0.15) is 0 Å². The summed E-state index contributed by atoms with van der Waals surface area (Å²) >= 11 is 0. The van der Waals surface area contributed by atoms with E-state index in [1.807, 2.05) is 25.5 Å². The summed E-state index contributed by atoms with van der Waals surface area (Å²) in [6.45, 7) is 3.65. The minimum Gasteiger partial charge on any atom is -0.319 e. The molecule has 6 rings (SSSR count). The first-order valence-corrected chi connectivity index (χ1v) is 15.2. The van der Waals surface area contributed by atoms with Crippen LogP contribution in [0.25, 0.3) is 49.4 Å². The van der Waals surface area contributed by atoms with Gasteiger partial charge in [-0.1, -0.05) is 115 Å². The van der Waals surface area contributed by atoms with Crippen LogP contribution < -0.4 is 5.30 Å². The Hall–Kier alpha value is -3.67. The molecule has 176 valence electrons. The van der Waals surface area contributed by atoms with Crippen molar-refractivity contribution in [2.75, 3.05) is 13.3 Å². The van der Waals surface area contributed by atoms with Crippen LogP contribution in [0.3, 0.4) is 0 Å². The Labute approximate surface area is 213 Å². The fraction of sp³-hybridized carbons (Fsp3) is 0.118. The highest BCUT2D eigenvalue weighted by atomic mass is 31.2. The lowest BCUT2D eigenvalue weighted by Gasteiger charge is -2.18. The van der Waals surface area contributed by atoms with E-state index in [0.717, 1.165) is 23.7 Å². The van der Waals surface area contributed by atoms with Crippen LogP contribution in [0.2, 0.25) is 0 Å². The van der Waals surface area contributed by atoms with Gasteiger partial charge in [0.1, 0.15) is 7.14 Å². The zero-order valence-electron chi connectivity index (χ0n) is 20.7.